The van der Waals surface area contributed by atoms with E-state index in [9.17, 15) is 9.59 Å². The minimum absolute atomic E-state index is 0.146. The van der Waals surface area contributed by atoms with Crippen molar-refractivity contribution in [3.8, 4) is 5.75 Å². The maximum Gasteiger partial charge on any atom is 0.229 e. The maximum absolute atomic E-state index is 13.6. The van der Waals surface area contributed by atoms with Crippen molar-refractivity contribution in [3.63, 3.8) is 0 Å². The molecule has 1 unspecified atom stereocenters. The van der Waals surface area contributed by atoms with Gasteiger partial charge in [0.2, 0.25) is 5.78 Å². The highest BCUT2D eigenvalue weighted by molar-refractivity contribution is 6.27. The van der Waals surface area contributed by atoms with Crippen molar-refractivity contribution in [2.75, 3.05) is 0 Å². The third-order valence-corrected chi connectivity index (χ3v) is 5.96. The molecular weight excluding hydrogens is 372 g/mol. The van der Waals surface area contributed by atoms with Crippen molar-refractivity contribution < 1.29 is 14.3 Å². The highest BCUT2D eigenvalue weighted by atomic mass is 16.5. The first-order chi connectivity index (χ1) is 14.7. The number of allylic oxidation sites excluding steroid dienone is 2. The third kappa shape index (κ3) is 2.26. The molecule has 1 atom stereocenters. The van der Waals surface area contributed by atoms with Crippen LogP contribution in [0, 0.1) is 0 Å². The summed E-state index contributed by atoms with van der Waals surface area (Å²) in [6.45, 7) is 0. The van der Waals surface area contributed by atoms with Gasteiger partial charge in [-0.2, -0.15) is 0 Å². The molecule has 6 rings (SSSR count). The number of benzene rings is 4. The molecule has 4 aromatic rings. The molecule has 0 N–H and O–H groups in total. The van der Waals surface area contributed by atoms with E-state index in [1.54, 1.807) is 24.3 Å². The van der Waals surface area contributed by atoms with Crippen LogP contribution in [0.2, 0.25) is 0 Å². The monoisotopic (exact) mass is 388 g/mol. The van der Waals surface area contributed by atoms with E-state index in [2.05, 4.69) is 0 Å². The lowest BCUT2D eigenvalue weighted by Gasteiger charge is -2.33. The minimum Gasteiger partial charge on any atom is -0.452 e. The number of fused-ring (bicyclic) bond motifs is 4. The highest BCUT2D eigenvalue weighted by Crippen LogP contribution is 2.49. The summed E-state index contributed by atoms with van der Waals surface area (Å²) in [5.74, 6) is 0.0191. The second-order valence-electron chi connectivity index (χ2n) is 7.59. The molecule has 3 nitrogen and oxygen atoms in total. The van der Waals surface area contributed by atoms with Gasteiger partial charge in [-0.25, -0.2) is 0 Å². The van der Waals surface area contributed by atoms with Crippen LogP contribution in [-0.2, 0) is 0 Å². The summed E-state index contributed by atoms with van der Waals surface area (Å²) in [5.41, 5.74) is 3.16. The van der Waals surface area contributed by atoms with E-state index in [-0.39, 0.29) is 23.2 Å². The van der Waals surface area contributed by atoms with Gasteiger partial charge in [0.1, 0.15) is 5.75 Å². The lowest BCUT2D eigenvalue weighted by molar-refractivity contribution is 0.0927. The standard InChI is InChI=1S/C27H16O3/c28-25-19-12-6-7-13-20(19)26(29)27-24(25)22(17-9-2-1-3-10-17)23-18-11-5-4-8-16(18)14-15-21(23)30-27/h1-15,22H. The molecule has 2 aliphatic rings. The summed E-state index contributed by atoms with van der Waals surface area (Å²) in [5, 5.41) is 2.09. The van der Waals surface area contributed by atoms with Crippen molar-refractivity contribution in [2.24, 2.45) is 0 Å². The van der Waals surface area contributed by atoms with E-state index in [1.165, 1.54) is 0 Å². The van der Waals surface area contributed by atoms with Gasteiger partial charge < -0.3 is 4.74 Å². The van der Waals surface area contributed by atoms with Gasteiger partial charge in [0.25, 0.3) is 0 Å². The zero-order valence-corrected chi connectivity index (χ0v) is 16.0. The summed E-state index contributed by atoms with van der Waals surface area (Å²) >= 11 is 0. The molecule has 30 heavy (non-hydrogen) atoms. The van der Waals surface area contributed by atoms with Crippen molar-refractivity contribution in [1.29, 1.82) is 0 Å². The van der Waals surface area contributed by atoms with Gasteiger partial charge in [-0.1, -0.05) is 84.9 Å². The van der Waals surface area contributed by atoms with Crippen LogP contribution in [0.4, 0.5) is 0 Å². The Hall–Kier alpha value is -3.98. The van der Waals surface area contributed by atoms with Gasteiger partial charge in [0, 0.05) is 22.6 Å². The van der Waals surface area contributed by atoms with Crippen LogP contribution in [0.5, 0.6) is 5.75 Å². The SMILES string of the molecule is O=C1C2=C(C(=O)c3ccccc31)C(c1ccccc1)c1c(ccc3ccccc13)O2. The molecule has 142 valence electrons. The van der Waals surface area contributed by atoms with E-state index in [0.717, 1.165) is 21.9 Å². The number of rotatable bonds is 1. The number of hydrogen-bond acceptors (Lipinski definition) is 3. The molecule has 0 bridgehead atoms. The second kappa shape index (κ2) is 6.26. The van der Waals surface area contributed by atoms with Gasteiger partial charge in [0.15, 0.2) is 11.5 Å². The van der Waals surface area contributed by atoms with Crippen molar-refractivity contribution in [3.05, 3.63) is 125 Å². The van der Waals surface area contributed by atoms with Gasteiger partial charge in [-0.15, -0.1) is 0 Å². The molecular formula is C27H16O3. The number of carbonyl (C=O) groups excluding carboxylic acids is 2. The highest BCUT2D eigenvalue weighted by Gasteiger charge is 2.43. The normalized spacial score (nSPS) is 17.3. The van der Waals surface area contributed by atoms with Crippen LogP contribution in [-0.4, -0.2) is 11.6 Å². The molecule has 0 aromatic heterocycles. The van der Waals surface area contributed by atoms with Crippen LogP contribution in [0.15, 0.2) is 102 Å². The van der Waals surface area contributed by atoms with E-state index >= 15 is 0 Å². The number of carbonyl (C=O) groups is 2. The Kier molecular flexibility index (Phi) is 3.53. The van der Waals surface area contributed by atoms with E-state index < -0.39 is 0 Å². The third-order valence-electron chi connectivity index (χ3n) is 5.96. The Morgan fingerprint density at radius 1 is 0.633 bits per heavy atom. The molecule has 0 fully saturated rings. The summed E-state index contributed by atoms with van der Waals surface area (Å²) in [4.78, 5) is 26.9. The molecule has 1 aliphatic carbocycles. The van der Waals surface area contributed by atoms with Crippen LogP contribution >= 0.6 is 0 Å². The Morgan fingerprint density at radius 3 is 2.10 bits per heavy atom. The van der Waals surface area contributed by atoms with Crippen LogP contribution in [0.1, 0.15) is 37.8 Å². The van der Waals surface area contributed by atoms with Gasteiger partial charge in [-0.05, 0) is 22.4 Å². The van der Waals surface area contributed by atoms with Gasteiger partial charge in [-0.3, -0.25) is 9.59 Å². The predicted molar refractivity (Wildman–Crippen MR) is 115 cm³/mol. The Morgan fingerprint density at radius 2 is 1.30 bits per heavy atom. The molecule has 3 heteroatoms. The molecule has 4 aromatic carbocycles. The lowest BCUT2D eigenvalue weighted by atomic mass is 9.74. The molecule has 0 saturated heterocycles. The molecule has 0 saturated carbocycles. The predicted octanol–water partition coefficient (Wildman–Crippen LogP) is 5.70. The molecule has 1 heterocycles. The molecule has 0 spiro atoms. The first-order valence-corrected chi connectivity index (χ1v) is 9.91. The van der Waals surface area contributed by atoms with Crippen LogP contribution < -0.4 is 4.74 Å². The number of ketones is 2. The average molecular weight is 388 g/mol. The Balaban J connectivity index is 1.70. The summed E-state index contributed by atoms with van der Waals surface area (Å²) in [6.07, 6.45) is 0. The quantitative estimate of drug-likeness (QED) is 0.420. The zero-order chi connectivity index (χ0) is 20.2. The van der Waals surface area contributed by atoms with Crippen molar-refractivity contribution >= 4 is 22.3 Å². The lowest BCUT2D eigenvalue weighted by Crippen LogP contribution is -2.31. The fourth-order valence-corrected chi connectivity index (χ4v) is 4.63. The second-order valence-corrected chi connectivity index (χ2v) is 7.59. The fraction of sp³-hybridized carbons (Fsp3) is 0.0370. The number of Topliss-reactive ketones (excluding diaryl/α,β-unsaturated/α-hetero) is 2. The van der Waals surface area contributed by atoms with Crippen LogP contribution in [0.3, 0.4) is 0 Å². The summed E-state index contributed by atoms with van der Waals surface area (Å²) < 4.78 is 6.14. The number of hydrogen-bond donors (Lipinski definition) is 0. The first kappa shape index (κ1) is 16.9. The van der Waals surface area contributed by atoms with Crippen molar-refractivity contribution in [1.82, 2.24) is 0 Å². The van der Waals surface area contributed by atoms with E-state index in [0.29, 0.717) is 22.4 Å². The fourth-order valence-electron chi connectivity index (χ4n) is 4.63. The molecule has 1 aliphatic heterocycles. The van der Waals surface area contributed by atoms with E-state index in [4.69, 9.17) is 4.74 Å². The minimum atomic E-state index is -0.374. The van der Waals surface area contributed by atoms with Gasteiger partial charge in [0.05, 0.1) is 5.57 Å². The summed E-state index contributed by atoms with van der Waals surface area (Å²) in [6, 6.07) is 28.8. The molecule has 0 radical (unpaired) electrons. The van der Waals surface area contributed by atoms with Gasteiger partial charge >= 0.3 is 0 Å². The molecule has 0 amide bonds. The zero-order valence-electron chi connectivity index (χ0n) is 16.0. The maximum atomic E-state index is 13.6. The number of ether oxygens (including phenoxy) is 1. The van der Waals surface area contributed by atoms with Crippen LogP contribution in [0.25, 0.3) is 10.8 Å². The average Bonchev–Trinajstić information content (AvgIpc) is 2.81. The Labute approximate surface area is 173 Å². The van der Waals surface area contributed by atoms with Crippen molar-refractivity contribution in [2.45, 2.75) is 5.92 Å². The largest absolute Gasteiger partial charge is 0.452 e. The van der Waals surface area contributed by atoms with E-state index in [1.807, 2.05) is 66.7 Å². The smallest absolute Gasteiger partial charge is 0.229 e. The first-order valence-electron chi connectivity index (χ1n) is 9.91. The topological polar surface area (TPSA) is 43.4 Å². The Bertz CT molecular complexity index is 1400. The summed E-state index contributed by atoms with van der Waals surface area (Å²) in [7, 11) is 0.